The van der Waals surface area contributed by atoms with Gasteiger partial charge in [0.05, 0.1) is 5.54 Å². The second-order valence-electron chi connectivity index (χ2n) is 3.71. The van der Waals surface area contributed by atoms with Crippen molar-refractivity contribution in [2.75, 3.05) is 0 Å². The Hall–Kier alpha value is -0.400. The summed E-state index contributed by atoms with van der Waals surface area (Å²) < 4.78 is 0. The maximum atomic E-state index is 10.2. The first-order valence-electron chi connectivity index (χ1n) is 4.47. The SMILES string of the molecule is CCCCCCC(C)(C)N=O. The molecule has 0 saturated carbocycles. The Kier molecular flexibility index (Phi) is 5.08. The second kappa shape index (κ2) is 5.28. The fourth-order valence-corrected chi connectivity index (χ4v) is 1.03. The molecule has 0 bridgehead atoms. The van der Waals surface area contributed by atoms with Gasteiger partial charge in [-0.2, -0.15) is 4.91 Å². The molecule has 2 nitrogen and oxygen atoms in total. The summed E-state index contributed by atoms with van der Waals surface area (Å²) in [5.41, 5.74) is -0.340. The maximum absolute atomic E-state index is 10.2. The van der Waals surface area contributed by atoms with Gasteiger partial charge in [0.2, 0.25) is 0 Å². The van der Waals surface area contributed by atoms with Gasteiger partial charge in [-0.3, -0.25) is 0 Å². The molecule has 2 heteroatoms. The average molecular weight is 157 g/mol. The predicted molar refractivity (Wildman–Crippen MR) is 48.6 cm³/mol. The Morgan fingerprint density at radius 3 is 2.27 bits per heavy atom. The molecule has 0 atom stereocenters. The van der Waals surface area contributed by atoms with E-state index in [1.807, 2.05) is 13.8 Å². The van der Waals surface area contributed by atoms with Crippen molar-refractivity contribution in [3.8, 4) is 0 Å². The Balaban J connectivity index is 3.30. The van der Waals surface area contributed by atoms with E-state index < -0.39 is 0 Å². The van der Waals surface area contributed by atoms with Crippen LogP contribution in [-0.4, -0.2) is 5.54 Å². The van der Waals surface area contributed by atoms with Gasteiger partial charge in [-0.15, -0.1) is 0 Å². The third kappa shape index (κ3) is 6.02. The molecular formula is C9H19NO. The van der Waals surface area contributed by atoms with Crippen molar-refractivity contribution in [2.45, 2.75) is 58.4 Å². The summed E-state index contributed by atoms with van der Waals surface area (Å²) in [6.45, 7) is 5.97. The molecule has 0 amide bonds. The van der Waals surface area contributed by atoms with E-state index in [0.717, 1.165) is 12.8 Å². The molecule has 0 aliphatic rings. The topological polar surface area (TPSA) is 29.4 Å². The Bertz CT molecular complexity index is 110. The summed E-state index contributed by atoms with van der Waals surface area (Å²) in [4.78, 5) is 10.2. The van der Waals surface area contributed by atoms with Crippen molar-refractivity contribution in [1.82, 2.24) is 0 Å². The van der Waals surface area contributed by atoms with Crippen molar-refractivity contribution >= 4 is 0 Å². The predicted octanol–water partition coefficient (Wildman–Crippen LogP) is 3.50. The summed E-state index contributed by atoms with van der Waals surface area (Å²) in [6.07, 6.45) is 5.81. The van der Waals surface area contributed by atoms with Crippen LogP contribution in [0.3, 0.4) is 0 Å². The van der Waals surface area contributed by atoms with Crippen LogP contribution in [0, 0.1) is 4.91 Å². The van der Waals surface area contributed by atoms with Crippen LogP contribution >= 0.6 is 0 Å². The molecule has 0 spiro atoms. The Morgan fingerprint density at radius 1 is 1.18 bits per heavy atom. The van der Waals surface area contributed by atoms with E-state index in [9.17, 15) is 4.91 Å². The monoisotopic (exact) mass is 157 g/mol. The van der Waals surface area contributed by atoms with Crippen molar-refractivity contribution < 1.29 is 0 Å². The summed E-state index contributed by atoms with van der Waals surface area (Å²) >= 11 is 0. The summed E-state index contributed by atoms with van der Waals surface area (Å²) in [6, 6.07) is 0. The van der Waals surface area contributed by atoms with Crippen LogP contribution in [0.5, 0.6) is 0 Å². The number of nitrogens with zero attached hydrogens (tertiary/aromatic N) is 1. The molecule has 0 aromatic heterocycles. The van der Waals surface area contributed by atoms with Gasteiger partial charge < -0.3 is 0 Å². The van der Waals surface area contributed by atoms with Gasteiger partial charge in [0.15, 0.2) is 0 Å². The number of unbranched alkanes of at least 4 members (excludes halogenated alkanes) is 3. The minimum atomic E-state index is -0.340. The third-order valence-corrected chi connectivity index (χ3v) is 1.89. The zero-order chi connectivity index (χ0) is 8.74. The lowest BCUT2D eigenvalue weighted by molar-refractivity contribution is 0.444. The zero-order valence-corrected chi connectivity index (χ0v) is 7.89. The number of rotatable bonds is 6. The van der Waals surface area contributed by atoms with Gasteiger partial charge in [-0.1, -0.05) is 37.8 Å². The largest absolute Gasteiger partial charge is 0.150 e. The molecule has 0 fully saturated rings. The van der Waals surface area contributed by atoms with E-state index in [-0.39, 0.29) is 5.54 Å². The van der Waals surface area contributed by atoms with E-state index >= 15 is 0 Å². The fraction of sp³-hybridized carbons (Fsp3) is 1.00. The molecule has 0 aromatic rings. The molecule has 0 radical (unpaired) electrons. The molecule has 11 heavy (non-hydrogen) atoms. The highest BCUT2D eigenvalue weighted by atomic mass is 16.3. The maximum Gasteiger partial charge on any atom is 0.0970 e. The zero-order valence-electron chi connectivity index (χ0n) is 7.89. The molecule has 66 valence electrons. The highest BCUT2D eigenvalue weighted by molar-refractivity contribution is 4.75. The summed E-state index contributed by atoms with van der Waals surface area (Å²) in [7, 11) is 0. The van der Waals surface area contributed by atoms with Gasteiger partial charge >= 0.3 is 0 Å². The molecule has 0 saturated heterocycles. The van der Waals surface area contributed by atoms with Crippen molar-refractivity contribution in [3.05, 3.63) is 4.91 Å². The number of hydrogen-bond acceptors (Lipinski definition) is 2. The van der Waals surface area contributed by atoms with E-state index in [0.29, 0.717) is 0 Å². The van der Waals surface area contributed by atoms with Crippen molar-refractivity contribution in [3.63, 3.8) is 0 Å². The van der Waals surface area contributed by atoms with E-state index in [1.54, 1.807) is 0 Å². The van der Waals surface area contributed by atoms with Crippen LogP contribution in [0.25, 0.3) is 0 Å². The van der Waals surface area contributed by atoms with E-state index in [2.05, 4.69) is 12.1 Å². The second-order valence-corrected chi connectivity index (χ2v) is 3.71. The first-order chi connectivity index (χ1) is 5.12. The number of nitroso groups, excluding NO2 is 1. The van der Waals surface area contributed by atoms with Gasteiger partial charge in [-0.25, -0.2) is 0 Å². The quantitative estimate of drug-likeness (QED) is 0.428. The molecule has 0 aliphatic heterocycles. The fourth-order valence-electron chi connectivity index (χ4n) is 1.03. The Morgan fingerprint density at radius 2 is 1.82 bits per heavy atom. The first kappa shape index (κ1) is 10.6. The third-order valence-electron chi connectivity index (χ3n) is 1.89. The molecule has 0 N–H and O–H groups in total. The Labute approximate surface area is 69.4 Å². The average Bonchev–Trinajstić information content (AvgIpc) is 1.99. The van der Waals surface area contributed by atoms with E-state index in [4.69, 9.17) is 0 Å². The summed E-state index contributed by atoms with van der Waals surface area (Å²) in [5.74, 6) is 0. The summed E-state index contributed by atoms with van der Waals surface area (Å²) in [5, 5.41) is 3.07. The molecule has 0 unspecified atom stereocenters. The molecule has 0 heterocycles. The van der Waals surface area contributed by atoms with Gasteiger partial charge in [0.1, 0.15) is 0 Å². The van der Waals surface area contributed by atoms with Crippen molar-refractivity contribution in [2.24, 2.45) is 5.18 Å². The van der Waals surface area contributed by atoms with Crippen LogP contribution in [0.2, 0.25) is 0 Å². The minimum absolute atomic E-state index is 0.340. The molecule has 0 aliphatic carbocycles. The lowest BCUT2D eigenvalue weighted by Crippen LogP contribution is -2.14. The molecule has 0 rings (SSSR count). The van der Waals surface area contributed by atoms with Crippen LogP contribution in [0.4, 0.5) is 0 Å². The van der Waals surface area contributed by atoms with Crippen LogP contribution in [0.1, 0.15) is 52.9 Å². The first-order valence-corrected chi connectivity index (χ1v) is 4.47. The lowest BCUT2D eigenvalue weighted by Gasteiger charge is -2.13. The minimum Gasteiger partial charge on any atom is -0.150 e. The normalized spacial score (nSPS) is 11.5. The van der Waals surface area contributed by atoms with Crippen LogP contribution in [-0.2, 0) is 0 Å². The van der Waals surface area contributed by atoms with Crippen LogP contribution < -0.4 is 0 Å². The van der Waals surface area contributed by atoms with Gasteiger partial charge in [-0.05, 0) is 20.3 Å². The lowest BCUT2D eigenvalue weighted by atomic mass is 9.98. The number of hydrogen-bond donors (Lipinski definition) is 0. The highest BCUT2D eigenvalue weighted by Crippen LogP contribution is 2.17. The highest BCUT2D eigenvalue weighted by Gasteiger charge is 2.16. The smallest absolute Gasteiger partial charge is 0.0970 e. The van der Waals surface area contributed by atoms with E-state index in [1.165, 1.54) is 19.3 Å². The standard InChI is InChI=1S/C9H19NO/c1-4-5-6-7-8-9(2,3)10-11/h4-8H2,1-3H3. The van der Waals surface area contributed by atoms with Gasteiger partial charge in [0.25, 0.3) is 0 Å². The van der Waals surface area contributed by atoms with Crippen LogP contribution in [0.15, 0.2) is 5.18 Å². The van der Waals surface area contributed by atoms with Gasteiger partial charge in [0, 0.05) is 0 Å². The molecule has 0 aromatic carbocycles. The van der Waals surface area contributed by atoms with Crippen molar-refractivity contribution in [1.29, 1.82) is 0 Å². The molecular weight excluding hydrogens is 138 g/mol.